The first-order chi connectivity index (χ1) is 15.0. The van der Waals surface area contributed by atoms with Crippen LogP contribution in [-0.2, 0) is 16.1 Å². The second kappa shape index (κ2) is 9.18. The average molecular weight is 424 g/mol. The average Bonchev–Trinajstić information content (AvgIpc) is 2.80. The van der Waals surface area contributed by atoms with Crippen LogP contribution >= 0.6 is 0 Å². The van der Waals surface area contributed by atoms with Gasteiger partial charge in [0.15, 0.2) is 0 Å². The molecule has 8 heteroatoms. The number of hydrazine groups is 1. The Morgan fingerprint density at radius 1 is 1.10 bits per heavy atom. The Morgan fingerprint density at radius 3 is 2.55 bits per heavy atom. The van der Waals surface area contributed by atoms with Crippen LogP contribution < -0.4 is 15.2 Å². The lowest BCUT2D eigenvalue weighted by atomic mass is 10.1. The molecule has 1 N–H and O–H groups in total. The van der Waals surface area contributed by atoms with Gasteiger partial charge in [-0.3, -0.25) is 19.9 Å². The maximum atomic E-state index is 13.6. The molecule has 2 heterocycles. The fourth-order valence-corrected chi connectivity index (χ4v) is 3.82. The van der Waals surface area contributed by atoms with Crippen LogP contribution in [0.3, 0.4) is 0 Å². The van der Waals surface area contributed by atoms with Crippen molar-refractivity contribution in [1.82, 2.24) is 15.2 Å². The van der Waals surface area contributed by atoms with Crippen molar-refractivity contribution in [3.63, 3.8) is 0 Å². The quantitative estimate of drug-likeness (QED) is 0.798. The second-order valence-corrected chi connectivity index (χ2v) is 7.52. The fourth-order valence-electron chi connectivity index (χ4n) is 3.82. The predicted molar refractivity (Wildman–Crippen MR) is 115 cm³/mol. The van der Waals surface area contributed by atoms with Crippen LogP contribution in [0.5, 0.6) is 5.75 Å². The van der Waals surface area contributed by atoms with Crippen molar-refractivity contribution in [1.29, 1.82) is 0 Å². The monoisotopic (exact) mass is 424 g/mol. The molecule has 0 aliphatic carbocycles. The zero-order chi connectivity index (χ0) is 21.8. The lowest BCUT2D eigenvalue weighted by Gasteiger charge is -2.37. The van der Waals surface area contributed by atoms with Crippen LogP contribution in [0.2, 0.25) is 0 Å². The lowest BCUT2D eigenvalue weighted by molar-refractivity contribution is -0.129. The number of methoxy groups -OCH3 is 1. The number of halogens is 1. The minimum absolute atomic E-state index is 0.114. The van der Waals surface area contributed by atoms with Crippen LogP contribution in [0.15, 0.2) is 60.3 Å². The molecule has 0 spiro atoms. The van der Waals surface area contributed by atoms with Crippen molar-refractivity contribution in [2.24, 2.45) is 0 Å². The van der Waals surface area contributed by atoms with Gasteiger partial charge in [0.2, 0.25) is 5.91 Å². The first-order valence-electron chi connectivity index (χ1n) is 10.2. The predicted octanol–water partition coefficient (Wildman–Crippen LogP) is 2.30. The molecule has 4 rings (SSSR count). The second-order valence-electron chi connectivity index (χ2n) is 7.52. The third-order valence-electron chi connectivity index (χ3n) is 5.50. The topological polar surface area (TPSA) is 65.1 Å². The van der Waals surface area contributed by atoms with Gasteiger partial charge in [0.1, 0.15) is 17.3 Å². The number of rotatable bonds is 5. The van der Waals surface area contributed by atoms with E-state index in [1.165, 1.54) is 17.1 Å². The number of nitrogens with zero attached hydrogens (tertiary/aromatic N) is 3. The van der Waals surface area contributed by atoms with Crippen LogP contribution in [0.1, 0.15) is 12.0 Å². The highest BCUT2D eigenvalue weighted by Gasteiger charge is 2.29. The highest BCUT2D eigenvalue weighted by atomic mass is 19.1. The van der Waals surface area contributed by atoms with Gasteiger partial charge in [-0.25, -0.2) is 9.40 Å². The molecule has 0 bridgehead atoms. The van der Waals surface area contributed by atoms with E-state index in [0.717, 1.165) is 5.56 Å². The minimum atomic E-state index is -0.294. The number of benzene rings is 2. The number of nitrogens with one attached hydrogen (secondary N) is 1. The van der Waals surface area contributed by atoms with Crippen molar-refractivity contribution in [2.45, 2.75) is 13.0 Å². The number of anilines is 1. The number of amides is 2. The van der Waals surface area contributed by atoms with Crippen LogP contribution in [0.25, 0.3) is 0 Å². The van der Waals surface area contributed by atoms with Crippen molar-refractivity contribution in [3.05, 3.63) is 71.7 Å². The largest absolute Gasteiger partial charge is 0.496 e. The summed E-state index contributed by atoms with van der Waals surface area (Å²) in [6.07, 6.45) is 1.82. The van der Waals surface area contributed by atoms with Crippen molar-refractivity contribution in [3.8, 4) is 5.75 Å². The van der Waals surface area contributed by atoms with E-state index in [9.17, 15) is 14.0 Å². The van der Waals surface area contributed by atoms with Gasteiger partial charge >= 0.3 is 0 Å². The Bertz CT molecular complexity index is 988. The van der Waals surface area contributed by atoms with E-state index in [0.29, 0.717) is 49.9 Å². The normalized spacial score (nSPS) is 17.2. The molecule has 2 aromatic rings. The van der Waals surface area contributed by atoms with Gasteiger partial charge in [-0.1, -0.05) is 18.2 Å². The van der Waals surface area contributed by atoms with Crippen LogP contribution in [-0.4, -0.2) is 54.9 Å². The molecule has 31 heavy (non-hydrogen) atoms. The number of carbonyl (C=O) groups excluding carboxylic acids is 2. The maximum Gasteiger partial charge on any atom is 0.271 e. The zero-order valence-corrected chi connectivity index (χ0v) is 17.4. The Kier molecular flexibility index (Phi) is 6.18. The highest BCUT2D eigenvalue weighted by Crippen LogP contribution is 2.22. The molecule has 2 amide bonds. The summed E-state index contributed by atoms with van der Waals surface area (Å²) in [5.41, 5.74) is 4.86. The molecule has 1 saturated heterocycles. The highest BCUT2D eigenvalue weighted by molar-refractivity contribution is 6.01. The van der Waals surface area contributed by atoms with E-state index in [4.69, 9.17) is 4.74 Å². The molecule has 2 aliphatic rings. The molecule has 0 radical (unpaired) electrons. The molecular weight excluding hydrogens is 399 g/mol. The summed E-state index contributed by atoms with van der Waals surface area (Å²) in [6, 6.07) is 13.7. The third kappa shape index (κ3) is 4.69. The van der Waals surface area contributed by atoms with E-state index < -0.39 is 0 Å². The van der Waals surface area contributed by atoms with Crippen LogP contribution in [0.4, 0.5) is 10.1 Å². The molecule has 0 aromatic heterocycles. The number of piperazine rings is 1. The lowest BCUT2D eigenvalue weighted by Crippen LogP contribution is -2.53. The van der Waals surface area contributed by atoms with Crippen molar-refractivity contribution < 1.29 is 18.7 Å². The van der Waals surface area contributed by atoms with Gasteiger partial charge in [-0.15, -0.1) is 0 Å². The number of hydrogen-bond acceptors (Lipinski definition) is 5. The maximum absolute atomic E-state index is 13.6. The summed E-state index contributed by atoms with van der Waals surface area (Å²) in [5.74, 6) is 0.118. The number of carbonyl (C=O) groups is 2. The molecule has 162 valence electrons. The standard InChI is InChI=1S/C23H25FN4O3/c1-31-21-9-7-18(24)15-17(21)16-26-11-13-27(14-12-26)23(30)20-8-10-22(29)28(25-20)19-5-3-2-4-6-19/h2-9,15,25H,10-14,16H2,1H3. The summed E-state index contributed by atoms with van der Waals surface area (Å²) >= 11 is 0. The first kappa shape index (κ1) is 20.9. The van der Waals surface area contributed by atoms with Gasteiger partial charge in [0.05, 0.1) is 12.8 Å². The summed E-state index contributed by atoms with van der Waals surface area (Å²) in [4.78, 5) is 29.2. The summed E-state index contributed by atoms with van der Waals surface area (Å²) < 4.78 is 19.0. The van der Waals surface area contributed by atoms with Gasteiger partial charge in [-0.05, 0) is 36.4 Å². The molecule has 7 nitrogen and oxygen atoms in total. The Labute approximate surface area is 180 Å². The molecule has 0 atom stereocenters. The fraction of sp³-hybridized carbons (Fsp3) is 0.304. The first-order valence-corrected chi connectivity index (χ1v) is 10.2. The summed E-state index contributed by atoms with van der Waals surface area (Å²) in [6.45, 7) is 2.99. The SMILES string of the molecule is COc1ccc(F)cc1CN1CCN(C(=O)C2=CCC(=O)N(c3ccccc3)N2)CC1. The Hall–Kier alpha value is -3.39. The minimum Gasteiger partial charge on any atom is -0.496 e. The van der Waals surface area contributed by atoms with E-state index in [1.54, 1.807) is 24.2 Å². The van der Waals surface area contributed by atoms with Crippen LogP contribution in [0, 0.1) is 5.82 Å². The van der Waals surface area contributed by atoms with Gasteiger partial charge in [-0.2, -0.15) is 0 Å². The molecule has 1 fully saturated rings. The molecule has 2 aromatic carbocycles. The third-order valence-corrected chi connectivity index (χ3v) is 5.50. The van der Waals surface area contributed by atoms with Gasteiger partial charge < -0.3 is 9.64 Å². The number of hydrogen-bond donors (Lipinski definition) is 1. The smallest absolute Gasteiger partial charge is 0.271 e. The molecule has 2 aliphatic heterocycles. The van der Waals surface area contributed by atoms with Gasteiger partial charge in [0, 0.05) is 44.7 Å². The Morgan fingerprint density at radius 2 is 1.84 bits per heavy atom. The molecule has 0 saturated carbocycles. The Balaban J connectivity index is 1.36. The van der Waals surface area contributed by atoms with Crippen molar-refractivity contribution >= 4 is 17.5 Å². The molecule has 0 unspecified atom stereocenters. The summed E-state index contributed by atoms with van der Waals surface area (Å²) in [7, 11) is 1.57. The molecular formula is C23H25FN4O3. The number of ether oxygens (including phenoxy) is 1. The summed E-state index contributed by atoms with van der Waals surface area (Å²) in [5, 5.41) is 1.42. The van der Waals surface area contributed by atoms with E-state index in [2.05, 4.69) is 10.3 Å². The van der Waals surface area contributed by atoms with E-state index in [-0.39, 0.29) is 24.1 Å². The number of para-hydroxylation sites is 1. The van der Waals surface area contributed by atoms with E-state index in [1.807, 2.05) is 30.3 Å². The van der Waals surface area contributed by atoms with Crippen molar-refractivity contribution in [2.75, 3.05) is 38.3 Å². The van der Waals surface area contributed by atoms with Gasteiger partial charge in [0.25, 0.3) is 5.91 Å². The zero-order valence-electron chi connectivity index (χ0n) is 17.4. The van der Waals surface area contributed by atoms with E-state index >= 15 is 0 Å².